The molecule has 1 aromatic carbocycles. The van der Waals surface area contributed by atoms with Crippen LogP contribution in [0.3, 0.4) is 0 Å². The highest BCUT2D eigenvalue weighted by molar-refractivity contribution is 5.72. The molecule has 0 saturated heterocycles. The normalized spacial score (nSPS) is 12.3. The second-order valence-corrected chi connectivity index (χ2v) is 4.46. The van der Waals surface area contributed by atoms with Gasteiger partial charge in [-0.3, -0.25) is 0 Å². The first-order chi connectivity index (χ1) is 9.13. The number of aliphatic carboxylic acids is 1. The molecule has 6 heteroatoms. The summed E-state index contributed by atoms with van der Waals surface area (Å²) in [5, 5.41) is 20.7. The zero-order chi connectivity index (χ0) is 13.8. The molecule has 100 valence electrons. The SMILES string of the molecule is CCCC(C(=O)O)n1nnnc1-c1cccc(C)c1. The zero-order valence-electron chi connectivity index (χ0n) is 10.9. The molecule has 19 heavy (non-hydrogen) atoms. The molecule has 0 fully saturated rings. The van der Waals surface area contributed by atoms with Crippen LogP contribution in [0.5, 0.6) is 0 Å². The van der Waals surface area contributed by atoms with Gasteiger partial charge < -0.3 is 5.11 Å². The maximum absolute atomic E-state index is 11.3. The van der Waals surface area contributed by atoms with Crippen LogP contribution in [0.1, 0.15) is 31.4 Å². The maximum atomic E-state index is 11.3. The topological polar surface area (TPSA) is 80.9 Å². The molecule has 0 spiro atoms. The van der Waals surface area contributed by atoms with Crippen LogP contribution in [0.4, 0.5) is 0 Å². The highest BCUT2D eigenvalue weighted by atomic mass is 16.4. The van der Waals surface area contributed by atoms with Gasteiger partial charge in [0, 0.05) is 5.56 Å². The Hall–Kier alpha value is -2.24. The highest BCUT2D eigenvalue weighted by Crippen LogP contribution is 2.22. The number of nitrogens with zero attached hydrogens (tertiary/aromatic N) is 4. The first-order valence-electron chi connectivity index (χ1n) is 6.21. The summed E-state index contributed by atoms with van der Waals surface area (Å²) in [6.45, 7) is 3.91. The monoisotopic (exact) mass is 260 g/mol. The summed E-state index contributed by atoms with van der Waals surface area (Å²) in [5.41, 5.74) is 1.90. The van der Waals surface area contributed by atoms with Crippen molar-refractivity contribution in [3.63, 3.8) is 0 Å². The van der Waals surface area contributed by atoms with Gasteiger partial charge in [0.2, 0.25) is 0 Å². The molecule has 2 aromatic rings. The van der Waals surface area contributed by atoms with E-state index in [9.17, 15) is 9.90 Å². The first kappa shape index (κ1) is 13.2. The van der Waals surface area contributed by atoms with Gasteiger partial charge in [-0.1, -0.05) is 37.1 Å². The van der Waals surface area contributed by atoms with Crippen LogP contribution in [0.15, 0.2) is 24.3 Å². The number of carbonyl (C=O) groups is 1. The number of benzene rings is 1. The van der Waals surface area contributed by atoms with Crippen molar-refractivity contribution >= 4 is 5.97 Å². The van der Waals surface area contributed by atoms with E-state index in [1.165, 1.54) is 4.68 Å². The van der Waals surface area contributed by atoms with E-state index in [1.54, 1.807) is 0 Å². The molecule has 0 bridgehead atoms. The molecule has 1 heterocycles. The third kappa shape index (κ3) is 2.78. The number of hydrogen-bond donors (Lipinski definition) is 1. The van der Waals surface area contributed by atoms with Crippen LogP contribution in [0, 0.1) is 6.92 Å². The predicted octanol–water partition coefficient (Wildman–Crippen LogP) is 2.07. The third-order valence-electron chi connectivity index (χ3n) is 2.91. The molecule has 0 radical (unpaired) electrons. The molecule has 0 amide bonds. The average Bonchev–Trinajstić information content (AvgIpc) is 2.84. The largest absolute Gasteiger partial charge is 0.480 e. The van der Waals surface area contributed by atoms with Crippen molar-refractivity contribution in [1.29, 1.82) is 0 Å². The number of carboxylic acid groups (broad SMARTS) is 1. The summed E-state index contributed by atoms with van der Waals surface area (Å²) >= 11 is 0. The predicted molar refractivity (Wildman–Crippen MR) is 69.6 cm³/mol. The fourth-order valence-electron chi connectivity index (χ4n) is 2.00. The minimum Gasteiger partial charge on any atom is -0.480 e. The van der Waals surface area contributed by atoms with Crippen LogP contribution < -0.4 is 0 Å². The number of aryl methyl sites for hydroxylation is 1. The number of tetrazole rings is 1. The number of hydrogen-bond acceptors (Lipinski definition) is 4. The van der Waals surface area contributed by atoms with Gasteiger partial charge in [-0.15, -0.1) is 5.10 Å². The van der Waals surface area contributed by atoms with Gasteiger partial charge in [-0.25, -0.2) is 9.48 Å². The van der Waals surface area contributed by atoms with Crippen LogP contribution in [0.25, 0.3) is 11.4 Å². The summed E-state index contributed by atoms with van der Waals surface area (Å²) in [6, 6.07) is 6.96. The number of rotatable bonds is 5. The van der Waals surface area contributed by atoms with Gasteiger partial charge in [0.1, 0.15) is 0 Å². The van der Waals surface area contributed by atoms with Crippen molar-refractivity contribution < 1.29 is 9.90 Å². The van der Waals surface area contributed by atoms with Crippen molar-refractivity contribution in [3.8, 4) is 11.4 Å². The number of aromatic nitrogens is 4. The molecule has 6 nitrogen and oxygen atoms in total. The van der Waals surface area contributed by atoms with E-state index in [0.29, 0.717) is 12.2 Å². The quantitative estimate of drug-likeness (QED) is 0.890. The Morgan fingerprint density at radius 2 is 2.26 bits per heavy atom. The summed E-state index contributed by atoms with van der Waals surface area (Å²) < 4.78 is 1.39. The minimum absolute atomic E-state index is 0.490. The van der Waals surface area contributed by atoms with E-state index in [0.717, 1.165) is 17.5 Å². The molecule has 0 aliphatic rings. The lowest BCUT2D eigenvalue weighted by atomic mass is 10.1. The Labute approximate surface area is 111 Å². The second kappa shape index (κ2) is 5.60. The Morgan fingerprint density at radius 3 is 2.89 bits per heavy atom. The second-order valence-electron chi connectivity index (χ2n) is 4.46. The van der Waals surface area contributed by atoms with Crippen molar-refractivity contribution in [2.75, 3.05) is 0 Å². The fraction of sp³-hybridized carbons (Fsp3) is 0.385. The number of carboxylic acids is 1. The molecular weight excluding hydrogens is 244 g/mol. The highest BCUT2D eigenvalue weighted by Gasteiger charge is 2.24. The minimum atomic E-state index is -0.914. The van der Waals surface area contributed by atoms with Crippen molar-refractivity contribution in [2.24, 2.45) is 0 Å². The molecule has 1 atom stereocenters. The fourth-order valence-corrected chi connectivity index (χ4v) is 2.00. The van der Waals surface area contributed by atoms with Crippen molar-refractivity contribution in [2.45, 2.75) is 32.7 Å². The van der Waals surface area contributed by atoms with Crippen LogP contribution >= 0.6 is 0 Å². The molecule has 0 aliphatic heterocycles. The molecule has 1 N–H and O–H groups in total. The Kier molecular flexibility index (Phi) is 3.89. The zero-order valence-corrected chi connectivity index (χ0v) is 10.9. The van der Waals surface area contributed by atoms with Gasteiger partial charge in [-0.2, -0.15) is 0 Å². The summed E-state index contributed by atoms with van der Waals surface area (Å²) in [7, 11) is 0. The van der Waals surface area contributed by atoms with E-state index >= 15 is 0 Å². The third-order valence-corrected chi connectivity index (χ3v) is 2.91. The average molecular weight is 260 g/mol. The van der Waals surface area contributed by atoms with Crippen LogP contribution in [-0.2, 0) is 4.79 Å². The smallest absolute Gasteiger partial charge is 0.328 e. The summed E-state index contributed by atoms with van der Waals surface area (Å²) in [4.78, 5) is 11.3. The lowest BCUT2D eigenvalue weighted by Crippen LogP contribution is -2.21. The molecule has 0 saturated carbocycles. The standard InChI is InChI=1S/C13H16N4O2/c1-3-5-11(13(18)19)17-12(14-15-16-17)10-7-4-6-9(2)8-10/h4,6-8,11H,3,5H2,1-2H3,(H,18,19). The van der Waals surface area contributed by atoms with Gasteiger partial charge >= 0.3 is 5.97 Å². The van der Waals surface area contributed by atoms with E-state index in [4.69, 9.17) is 0 Å². The molecule has 1 aromatic heterocycles. The van der Waals surface area contributed by atoms with Crippen molar-refractivity contribution in [1.82, 2.24) is 20.2 Å². The maximum Gasteiger partial charge on any atom is 0.328 e. The van der Waals surface area contributed by atoms with Crippen molar-refractivity contribution in [3.05, 3.63) is 29.8 Å². The lowest BCUT2D eigenvalue weighted by molar-refractivity contribution is -0.141. The van der Waals surface area contributed by atoms with Gasteiger partial charge in [-0.05, 0) is 29.8 Å². The molecular formula is C13H16N4O2. The van der Waals surface area contributed by atoms with E-state index in [2.05, 4.69) is 15.5 Å². The van der Waals surface area contributed by atoms with E-state index in [1.807, 2.05) is 38.1 Å². The summed E-state index contributed by atoms with van der Waals surface area (Å²) in [6.07, 6.45) is 1.25. The van der Waals surface area contributed by atoms with Crippen LogP contribution in [0.2, 0.25) is 0 Å². The van der Waals surface area contributed by atoms with Gasteiger partial charge in [0.25, 0.3) is 0 Å². The molecule has 2 rings (SSSR count). The van der Waals surface area contributed by atoms with Crippen LogP contribution in [-0.4, -0.2) is 31.3 Å². The molecule has 0 aliphatic carbocycles. The molecule has 1 unspecified atom stereocenters. The first-order valence-corrected chi connectivity index (χ1v) is 6.21. The van der Waals surface area contributed by atoms with E-state index in [-0.39, 0.29) is 0 Å². The van der Waals surface area contributed by atoms with Gasteiger partial charge in [0.05, 0.1) is 0 Å². The summed E-state index contributed by atoms with van der Waals surface area (Å²) in [5.74, 6) is -0.424. The Bertz CT molecular complexity index is 580. The van der Waals surface area contributed by atoms with Gasteiger partial charge in [0.15, 0.2) is 11.9 Å². The Morgan fingerprint density at radius 1 is 1.47 bits per heavy atom. The Balaban J connectivity index is 2.44. The lowest BCUT2D eigenvalue weighted by Gasteiger charge is -2.13. The van der Waals surface area contributed by atoms with E-state index < -0.39 is 12.0 Å².